The first kappa shape index (κ1) is 12.2. The van der Waals surface area contributed by atoms with Crippen molar-refractivity contribution < 1.29 is 8.78 Å². The topological polar surface area (TPSA) is 30.7 Å². The van der Waals surface area contributed by atoms with Gasteiger partial charge < -0.3 is 0 Å². The summed E-state index contributed by atoms with van der Waals surface area (Å²) in [5, 5.41) is 8.62. The standard InChI is InChI=1S/C11H10BrF2N3/c12-4-3-10-7-17(16-15-10)6-8-1-2-9(13)5-11(8)14/h1-2,5,7H,3-4,6H2. The summed E-state index contributed by atoms with van der Waals surface area (Å²) >= 11 is 3.30. The lowest BCUT2D eigenvalue weighted by Crippen LogP contribution is -2.03. The van der Waals surface area contributed by atoms with E-state index in [-0.39, 0.29) is 6.54 Å². The van der Waals surface area contributed by atoms with E-state index in [9.17, 15) is 8.78 Å². The number of aryl methyl sites for hydroxylation is 1. The van der Waals surface area contributed by atoms with Crippen LogP contribution in [0, 0.1) is 11.6 Å². The van der Waals surface area contributed by atoms with Crippen molar-refractivity contribution >= 4 is 15.9 Å². The summed E-state index contributed by atoms with van der Waals surface area (Å²) in [5.74, 6) is -1.15. The maximum absolute atomic E-state index is 13.4. The average molecular weight is 302 g/mol. The van der Waals surface area contributed by atoms with E-state index in [1.807, 2.05) is 0 Å². The van der Waals surface area contributed by atoms with Gasteiger partial charge in [-0.15, -0.1) is 5.10 Å². The van der Waals surface area contributed by atoms with Crippen LogP contribution in [0.15, 0.2) is 24.4 Å². The number of nitrogens with zero attached hydrogens (tertiary/aromatic N) is 3. The largest absolute Gasteiger partial charge is 0.248 e. The smallest absolute Gasteiger partial charge is 0.131 e. The number of hydrogen-bond acceptors (Lipinski definition) is 2. The van der Waals surface area contributed by atoms with Crippen LogP contribution >= 0.6 is 15.9 Å². The van der Waals surface area contributed by atoms with Gasteiger partial charge in [0.25, 0.3) is 0 Å². The monoisotopic (exact) mass is 301 g/mol. The molecule has 0 saturated heterocycles. The minimum Gasteiger partial charge on any atom is -0.248 e. The molecule has 0 fully saturated rings. The zero-order valence-corrected chi connectivity index (χ0v) is 10.5. The van der Waals surface area contributed by atoms with Gasteiger partial charge in [-0.05, 0) is 6.07 Å². The highest BCUT2D eigenvalue weighted by Crippen LogP contribution is 2.11. The summed E-state index contributed by atoms with van der Waals surface area (Å²) in [6.07, 6.45) is 2.52. The second-order valence-corrected chi connectivity index (χ2v) is 4.38. The SMILES string of the molecule is Fc1ccc(Cn2cc(CCBr)nn2)c(F)c1. The molecule has 1 heterocycles. The van der Waals surface area contributed by atoms with Gasteiger partial charge in [0.1, 0.15) is 11.6 Å². The number of benzene rings is 1. The predicted octanol–water partition coefficient (Wildman–Crippen LogP) is 2.54. The Kier molecular flexibility index (Phi) is 3.83. The molecule has 0 saturated carbocycles. The molecule has 0 N–H and O–H groups in total. The van der Waals surface area contributed by atoms with Gasteiger partial charge in [0, 0.05) is 29.6 Å². The van der Waals surface area contributed by atoms with Crippen molar-refractivity contribution in [3.05, 3.63) is 47.3 Å². The van der Waals surface area contributed by atoms with Gasteiger partial charge in [-0.3, -0.25) is 0 Å². The Morgan fingerprint density at radius 2 is 2.12 bits per heavy atom. The fourth-order valence-corrected chi connectivity index (χ4v) is 1.86. The molecule has 0 bridgehead atoms. The van der Waals surface area contributed by atoms with Crippen molar-refractivity contribution in [3.8, 4) is 0 Å². The third-order valence-electron chi connectivity index (χ3n) is 2.28. The van der Waals surface area contributed by atoms with Crippen LogP contribution in [-0.2, 0) is 13.0 Å². The van der Waals surface area contributed by atoms with E-state index in [0.29, 0.717) is 5.56 Å². The first-order chi connectivity index (χ1) is 8.19. The van der Waals surface area contributed by atoms with Crippen LogP contribution in [0.2, 0.25) is 0 Å². The zero-order valence-electron chi connectivity index (χ0n) is 8.91. The third-order valence-corrected chi connectivity index (χ3v) is 2.68. The maximum Gasteiger partial charge on any atom is 0.131 e. The van der Waals surface area contributed by atoms with E-state index in [2.05, 4.69) is 26.2 Å². The number of hydrogen-bond donors (Lipinski definition) is 0. The first-order valence-corrected chi connectivity index (χ1v) is 6.20. The normalized spacial score (nSPS) is 10.8. The lowest BCUT2D eigenvalue weighted by atomic mass is 10.2. The van der Waals surface area contributed by atoms with Crippen LogP contribution < -0.4 is 0 Å². The number of halogens is 3. The van der Waals surface area contributed by atoms with Gasteiger partial charge >= 0.3 is 0 Å². The van der Waals surface area contributed by atoms with Crippen molar-refractivity contribution in [1.82, 2.24) is 15.0 Å². The van der Waals surface area contributed by atoms with Crippen LogP contribution in [0.25, 0.3) is 0 Å². The van der Waals surface area contributed by atoms with E-state index >= 15 is 0 Å². The average Bonchev–Trinajstić information content (AvgIpc) is 2.71. The van der Waals surface area contributed by atoms with E-state index in [4.69, 9.17) is 0 Å². The minimum absolute atomic E-state index is 0.251. The molecule has 6 heteroatoms. The molecule has 90 valence electrons. The van der Waals surface area contributed by atoms with Crippen molar-refractivity contribution in [2.45, 2.75) is 13.0 Å². The highest BCUT2D eigenvalue weighted by molar-refractivity contribution is 9.09. The molecule has 1 aromatic carbocycles. The molecule has 3 nitrogen and oxygen atoms in total. The van der Waals surface area contributed by atoms with Gasteiger partial charge in [-0.2, -0.15) is 0 Å². The van der Waals surface area contributed by atoms with Crippen molar-refractivity contribution in [2.24, 2.45) is 0 Å². The Morgan fingerprint density at radius 1 is 1.29 bits per heavy atom. The number of rotatable bonds is 4. The van der Waals surface area contributed by atoms with Crippen LogP contribution in [0.3, 0.4) is 0 Å². The zero-order chi connectivity index (χ0) is 12.3. The molecule has 1 aromatic heterocycles. The van der Waals surface area contributed by atoms with Crippen LogP contribution in [0.4, 0.5) is 8.78 Å². The molecule has 0 atom stereocenters. The second kappa shape index (κ2) is 5.35. The van der Waals surface area contributed by atoms with Crippen LogP contribution in [-0.4, -0.2) is 20.3 Å². The lowest BCUT2D eigenvalue weighted by Gasteiger charge is -2.02. The molecule has 2 aromatic rings. The fourth-order valence-electron chi connectivity index (χ4n) is 1.45. The van der Waals surface area contributed by atoms with Crippen molar-refractivity contribution in [1.29, 1.82) is 0 Å². The molecule has 17 heavy (non-hydrogen) atoms. The minimum atomic E-state index is -0.579. The Bertz CT molecular complexity index is 513. The van der Waals surface area contributed by atoms with Crippen LogP contribution in [0.5, 0.6) is 0 Å². The molecule has 0 amide bonds. The van der Waals surface area contributed by atoms with Gasteiger partial charge in [0.2, 0.25) is 0 Å². The molecular formula is C11H10BrF2N3. The first-order valence-electron chi connectivity index (χ1n) is 5.08. The molecule has 0 radical (unpaired) electrons. The summed E-state index contributed by atoms with van der Waals surface area (Å²) in [5.41, 5.74) is 1.23. The summed E-state index contributed by atoms with van der Waals surface area (Å²) in [7, 11) is 0. The number of alkyl halides is 1. The quantitative estimate of drug-likeness (QED) is 0.813. The van der Waals surface area contributed by atoms with Crippen molar-refractivity contribution in [3.63, 3.8) is 0 Å². The van der Waals surface area contributed by atoms with Gasteiger partial charge in [-0.1, -0.05) is 27.2 Å². The highest BCUT2D eigenvalue weighted by atomic mass is 79.9. The van der Waals surface area contributed by atoms with E-state index in [1.165, 1.54) is 16.8 Å². The predicted molar refractivity (Wildman–Crippen MR) is 63.0 cm³/mol. The molecule has 2 rings (SSSR count). The molecule has 0 aliphatic carbocycles. The molecule has 0 unspecified atom stereocenters. The number of aromatic nitrogens is 3. The Labute approximate surface area is 106 Å². The second-order valence-electron chi connectivity index (χ2n) is 3.58. The van der Waals surface area contributed by atoms with Gasteiger partial charge in [-0.25, -0.2) is 13.5 Å². The van der Waals surface area contributed by atoms with E-state index < -0.39 is 11.6 Å². The Balaban J connectivity index is 2.13. The lowest BCUT2D eigenvalue weighted by molar-refractivity contribution is 0.554. The Morgan fingerprint density at radius 3 is 2.82 bits per heavy atom. The highest BCUT2D eigenvalue weighted by Gasteiger charge is 2.06. The van der Waals surface area contributed by atoms with E-state index in [0.717, 1.165) is 23.5 Å². The molecule has 0 aliphatic heterocycles. The van der Waals surface area contributed by atoms with E-state index in [1.54, 1.807) is 6.20 Å². The maximum atomic E-state index is 13.4. The third kappa shape index (κ3) is 3.09. The van der Waals surface area contributed by atoms with Gasteiger partial charge in [0.15, 0.2) is 0 Å². The summed E-state index contributed by atoms with van der Waals surface area (Å²) in [4.78, 5) is 0. The molecule has 0 aliphatic rings. The molecular weight excluding hydrogens is 292 g/mol. The fraction of sp³-hybridized carbons (Fsp3) is 0.273. The Hall–Kier alpha value is -1.30. The summed E-state index contributed by atoms with van der Waals surface area (Å²) in [6.45, 7) is 0.251. The molecule has 0 spiro atoms. The van der Waals surface area contributed by atoms with Crippen molar-refractivity contribution in [2.75, 3.05) is 5.33 Å². The van der Waals surface area contributed by atoms with Gasteiger partial charge in [0.05, 0.1) is 12.2 Å². The summed E-state index contributed by atoms with van der Waals surface area (Å²) in [6, 6.07) is 3.51. The van der Waals surface area contributed by atoms with Crippen LogP contribution in [0.1, 0.15) is 11.3 Å². The summed E-state index contributed by atoms with van der Waals surface area (Å²) < 4.78 is 27.6.